The zero-order chi connectivity index (χ0) is 53.1. The van der Waals surface area contributed by atoms with Crippen LogP contribution in [0.2, 0.25) is 0 Å². The summed E-state index contributed by atoms with van der Waals surface area (Å²) in [4.78, 5) is 4.87. The Morgan fingerprint density at radius 2 is 1.33 bits per heavy atom. The summed E-state index contributed by atoms with van der Waals surface area (Å²) in [5.74, 6) is 0. The van der Waals surface area contributed by atoms with Gasteiger partial charge in [0.2, 0.25) is 6.71 Å². The summed E-state index contributed by atoms with van der Waals surface area (Å²) in [6.45, 7) is 26.4. The normalized spacial score (nSPS) is 13.3. The topological polar surface area (TPSA) is 31.6 Å². The first kappa shape index (κ1) is 51.0. The van der Waals surface area contributed by atoms with Gasteiger partial charge in [-0.3, -0.25) is 0 Å². The predicted molar refractivity (Wildman–Crippen MR) is 330 cm³/mol. The first-order chi connectivity index (χ1) is 36.8. The van der Waals surface area contributed by atoms with Crippen LogP contribution < -0.4 is 31.5 Å². The van der Waals surface area contributed by atoms with Crippen LogP contribution >= 0.6 is 0 Å². The molecule has 4 nitrogen and oxygen atoms in total. The van der Waals surface area contributed by atoms with Crippen molar-refractivity contribution >= 4 is 84.9 Å². The van der Waals surface area contributed by atoms with Crippen molar-refractivity contribution in [1.82, 2.24) is 0 Å². The molecule has 0 saturated carbocycles. The van der Waals surface area contributed by atoms with E-state index in [4.69, 9.17) is 4.42 Å². The third-order valence-corrected chi connectivity index (χ3v) is 15.3. The van der Waals surface area contributed by atoms with Gasteiger partial charge < -0.3 is 19.5 Å². The number of para-hydroxylation sites is 2. The zero-order valence-corrected chi connectivity index (χ0v) is 45.4. The monoisotopic (exact) mass is 990 g/mol. The van der Waals surface area contributed by atoms with Crippen LogP contribution in [-0.2, 0) is 10.8 Å². The highest BCUT2D eigenvalue weighted by Gasteiger charge is 2.39. The molecule has 0 atom stereocenters. The minimum Gasteiger partial charge on any atom is -0.456 e. The second-order valence-electron chi connectivity index (χ2n) is 21.4. The highest BCUT2D eigenvalue weighted by molar-refractivity contribution is 6.99. The van der Waals surface area contributed by atoms with Gasteiger partial charge in [0.25, 0.3) is 0 Å². The van der Waals surface area contributed by atoms with Gasteiger partial charge in [0.05, 0.1) is 5.70 Å². The van der Waals surface area contributed by atoms with Gasteiger partial charge >= 0.3 is 0 Å². The number of hydrogen-bond acceptors (Lipinski definition) is 4. The minimum absolute atomic E-state index is 0.0744. The number of allylic oxidation sites excluding steroid dienone is 8. The van der Waals surface area contributed by atoms with Crippen molar-refractivity contribution in [2.24, 2.45) is 0 Å². The SMILES string of the molecule is C=C\C=C(C(=C\C)/C(C=C)=C/C=C\C)\N(c1ccccc1)c1ccc2c(c1)N(c1ccc(-c3ccc4oc5ccccc5c4c3)cc1)c1cc(C(C)(C)C)cc(Nc3ccc(C(C)(C)CC)cc3)c1B2c1ccccc1. The number of benzene rings is 8. The maximum atomic E-state index is 6.25. The van der Waals surface area contributed by atoms with Crippen molar-refractivity contribution in [3.8, 4) is 11.1 Å². The summed E-state index contributed by atoms with van der Waals surface area (Å²) in [5, 5.41) is 6.27. The van der Waals surface area contributed by atoms with E-state index in [0.29, 0.717) is 0 Å². The average molecular weight is 990 g/mol. The fourth-order valence-corrected chi connectivity index (χ4v) is 10.7. The molecule has 0 bridgehead atoms. The van der Waals surface area contributed by atoms with Crippen LogP contribution in [0.15, 0.2) is 259 Å². The van der Waals surface area contributed by atoms with Crippen molar-refractivity contribution in [1.29, 1.82) is 0 Å². The summed E-state index contributed by atoms with van der Waals surface area (Å²) < 4.78 is 6.25. The maximum absolute atomic E-state index is 6.25. The van der Waals surface area contributed by atoms with E-state index in [-0.39, 0.29) is 17.5 Å². The molecule has 8 aromatic carbocycles. The van der Waals surface area contributed by atoms with E-state index in [1.807, 2.05) is 37.3 Å². The molecule has 10 rings (SSSR count). The van der Waals surface area contributed by atoms with Crippen LogP contribution in [0.4, 0.5) is 39.8 Å². The highest BCUT2D eigenvalue weighted by atomic mass is 16.3. The standard InChI is InChI=1S/C71H68BN3O/c1-11-16-26-49(13-3)59(14-4)64(25-12-2)74(56-29-21-18-22-30-56)58-42-43-62-65(48-58)75(57-40-33-50(34-41-57)51-35-44-68-61(45-51)60-31-23-24-32-67(60)76-68)66-47-53(70(6,7)8)46-63(69(66)72(62)54-27-19-17-20-28-54)73-55-38-36-52(37-39-55)71(9,10)15-5/h11-14,16-48,73H,2-3,15H2,1,4-10H3/b16-11-,49-26+,59-14-,64-25+. The van der Waals surface area contributed by atoms with Crippen LogP contribution in [0, 0.1) is 0 Å². The Balaban J connectivity index is 1.23. The Kier molecular flexibility index (Phi) is 14.3. The lowest BCUT2D eigenvalue weighted by molar-refractivity contribution is 0.506. The quantitative estimate of drug-likeness (QED) is 0.0819. The van der Waals surface area contributed by atoms with E-state index in [1.54, 1.807) is 0 Å². The molecular formula is C71H68BN3O. The Labute approximate surface area is 451 Å². The van der Waals surface area contributed by atoms with Gasteiger partial charge in [-0.05, 0) is 155 Å². The van der Waals surface area contributed by atoms with Gasteiger partial charge in [0.1, 0.15) is 11.2 Å². The number of rotatable bonds is 15. The van der Waals surface area contributed by atoms with Crippen molar-refractivity contribution < 1.29 is 4.42 Å². The second kappa shape index (κ2) is 21.4. The molecule has 0 saturated heterocycles. The Morgan fingerprint density at radius 1 is 0.645 bits per heavy atom. The molecule has 1 aliphatic heterocycles. The van der Waals surface area contributed by atoms with Gasteiger partial charge in [-0.2, -0.15) is 0 Å². The lowest BCUT2D eigenvalue weighted by Gasteiger charge is -2.40. The predicted octanol–water partition coefficient (Wildman–Crippen LogP) is 18.1. The highest BCUT2D eigenvalue weighted by Crippen LogP contribution is 2.45. The summed E-state index contributed by atoms with van der Waals surface area (Å²) in [7, 11) is 0. The minimum atomic E-state index is -0.184. The number of anilines is 7. The molecule has 76 heavy (non-hydrogen) atoms. The van der Waals surface area contributed by atoms with Gasteiger partial charge in [0, 0.05) is 56.2 Å². The lowest BCUT2D eigenvalue weighted by atomic mass is 9.34. The number of fused-ring (bicyclic) bond motifs is 5. The molecule has 9 aromatic rings. The largest absolute Gasteiger partial charge is 0.456 e. The van der Waals surface area contributed by atoms with E-state index in [9.17, 15) is 0 Å². The molecule has 1 N–H and O–H groups in total. The molecule has 0 aliphatic carbocycles. The van der Waals surface area contributed by atoms with Gasteiger partial charge in [0.15, 0.2) is 0 Å². The molecule has 2 heterocycles. The summed E-state index contributed by atoms with van der Waals surface area (Å²) in [5.41, 5.74) is 20.6. The van der Waals surface area contributed by atoms with Crippen LogP contribution in [0.5, 0.6) is 0 Å². The van der Waals surface area contributed by atoms with Crippen LogP contribution in [0.1, 0.15) is 72.9 Å². The molecule has 0 spiro atoms. The second-order valence-corrected chi connectivity index (χ2v) is 21.4. The number of nitrogens with zero attached hydrogens (tertiary/aromatic N) is 2. The fraction of sp³-hybridized carbons (Fsp3) is 0.155. The van der Waals surface area contributed by atoms with Crippen molar-refractivity contribution in [3.05, 3.63) is 266 Å². The van der Waals surface area contributed by atoms with Gasteiger partial charge in [-0.1, -0.05) is 200 Å². The Bertz CT molecular complexity index is 3720. The summed E-state index contributed by atoms with van der Waals surface area (Å²) in [6.07, 6.45) is 15.4. The van der Waals surface area contributed by atoms with E-state index >= 15 is 0 Å². The molecule has 0 radical (unpaired) electrons. The first-order valence-electron chi connectivity index (χ1n) is 26.7. The summed E-state index contributed by atoms with van der Waals surface area (Å²) >= 11 is 0. The van der Waals surface area contributed by atoms with E-state index in [0.717, 1.165) is 96.1 Å². The van der Waals surface area contributed by atoms with E-state index in [1.165, 1.54) is 27.5 Å². The Morgan fingerprint density at radius 3 is 2.00 bits per heavy atom. The van der Waals surface area contributed by atoms with Crippen LogP contribution in [0.3, 0.4) is 0 Å². The van der Waals surface area contributed by atoms with Gasteiger partial charge in [-0.25, -0.2) is 0 Å². The zero-order valence-electron chi connectivity index (χ0n) is 45.4. The lowest BCUT2D eigenvalue weighted by Crippen LogP contribution is -2.58. The van der Waals surface area contributed by atoms with Crippen molar-refractivity contribution in [2.45, 2.75) is 72.6 Å². The van der Waals surface area contributed by atoms with Crippen molar-refractivity contribution in [2.75, 3.05) is 15.1 Å². The van der Waals surface area contributed by atoms with E-state index in [2.05, 4.69) is 271 Å². The number of nitrogens with one attached hydrogen (secondary N) is 1. The molecule has 5 heteroatoms. The van der Waals surface area contributed by atoms with Gasteiger partial charge in [-0.15, -0.1) is 0 Å². The van der Waals surface area contributed by atoms with Crippen LogP contribution in [0.25, 0.3) is 33.1 Å². The Hall–Kier alpha value is -8.54. The number of furan rings is 1. The van der Waals surface area contributed by atoms with Crippen molar-refractivity contribution in [3.63, 3.8) is 0 Å². The average Bonchev–Trinajstić information content (AvgIpc) is 3.85. The third kappa shape index (κ3) is 9.82. The fourth-order valence-electron chi connectivity index (χ4n) is 10.7. The number of hydrogen-bond donors (Lipinski definition) is 1. The van der Waals surface area contributed by atoms with Crippen LogP contribution in [-0.4, -0.2) is 6.71 Å². The molecule has 0 fully saturated rings. The first-order valence-corrected chi connectivity index (χ1v) is 26.7. The summed E-state index contributed by atoms with van der Waals surface area (Å²) in [6, 6.07) is 66.6. The smallest absolute Gasteiger partial charge is 0.249 e. The van der Waals surface area contributed by atoms with E-state index < -0.39 is 0 Å². The molecule has 1 aromatic heterocycles. The molecule has 376 valence electrons. The molecule has 1 aliphatic rings. The maximum Gasteiger partial charge on any atom is 0.249 e. The molecule has 0 unspecified atom stereocenters. The molecule has 0 amide bonds. The third-order valence-electron chi connectivity index (χ3n) is 15.3. The molecular weight excluding hydrogens is 922 g/mol.